The average Bonchev–Trinajstić information content (AvgIpc) is 3.04. The highest BCUT2D eigenvalue weighted by Gasteiger charge is 2.17. The maximum atomic E-state index is 12.1. The van der Waals surface area contributed by atoms with Gasteiger partial charge in [0.15, 0.2) is 11.9 Å². The first-order valence-electron chi connectivity index (χ1n) is 7.86. The summed E-state index contributed by atoms with van der Waals surface area (Å²) in [6, 6.07) is 14.4. The number of aromatic nitrogens is 1. The Morgan fingerprint density at radius 1 is 1.12 bits per heavy atom. The number of ketones is 1. The molecule has 0 bridgehead atoms. The number of halogens is 1. The summed E-state index contributed by atoms with van der Waals surface area (Å²) in [5, 5.41) is 1.32. The van der Waals surface area contributed by atoms with Crippen LogP contribution in [0.3, 0.4) is 0 Å². The lowest BCUT2D eigenvalue weighted by Crippen LogP contribution is -2.11. The van der Waals surface area contributed by atoms with E-state index in [0.717, 1.165) is 15.2 Å². The summed E-state index contributed by atoms with van der Waals surface area (Å²) >= 11 is 7.30. The van der Waals surface area contributed by atoms with Gasteiger partial charge in [-0.05, 0) is 43.3 Å². The van der Waals surface area contributed by atoms with Crippen molar-refractivity contribution in [1.82, 2.24) is 4.98 Å². The summed E-state index contributed by atoms with van der Waals surface area (Å²) in [5.41, 5.74) is 1.43. The number of hydrogen-bond donors (Lipinski definition) is 0. The Hall–Kier alpha value is -2.24. The summed E-state index contributed by atoms with van der Waals surface area (Å²) in [6.45, 7) is 1.79. The van der Waals surface area contributed by atoms with Crippen molar-refractivity contribution in [3.05, 3.63) is 64.1 Å². The number of para-hydroxylation sites is 1. The molecular weight excluding hydrogens is 358 g/mol. The molecule has 1 heterocycles. The van der Waals surface area contributed by atoms with E-state index in [-0.39, 0.29) is 18.6 Å². The fraction of sp³-hybridized carbons (Fsp3) is 0.211. The molecule has 0 aliphatic rings. The van der Waals surface area contributed by atoms with Gasteiger partial charge in [0.2, 0.25) is 0 Å². The lowest BCUT2D eigenvalue weighted by atomic mass is 10.1. The van der Waals surface area contributed by atoms with Crippen LogP contribution in [0.15, 0.2) is 48.5 Å². The maximum Gasteiger partial charge on any atom is 0.306 e. The van der Waals surface area contributed by atoms with Crippen molar-refractivity contribution in [2.75, 3.05) is 0 Å². The van der Waals surface area contributed by atoms with Crippen LogP contribution in [0.2, 0.25) is 5.02 Å². The van der Waals surface area contributed by atoms with E-state index >= 15 is 0 Å². The molecule has 0 saturated heterocycles. The SMILES string of the molecule is CC(OC(=O)CCC(=O)c1ccc(Cl)cc1)c1nc2ccccc2s1. The Morgan fingerprint density at radius 3 is 2.56 bits per heavy atom. The quantitative estimate of drug-likeness (QED) is 0.439. The van der Waals surface area contributed by atoms with Crippen LogP contribution in [0.5, 0.6) is 0 Å². The summed E-state index contributed by atoms with van der Waals surface area (Å²) in [5.74, 6) is -0.518. The molecule has 0 aliphatic carbocycles. The van der Waals surface area contributed by atoms with E-state index in [0.29, 0.717) is 10.6 Å². The average molecular weight is 374 g/mol. The van der Waals surface area contributed by atoms with Crippen LogP contribution in [0, 0.1) is 0 Å². The molecule has 3 aromatic rings. The molecule has 6 heteroatoms. The molecule has 0 saturated carbocycles. The van der Waals surface area contributed by atoms with Gasteiger partial charge < -0.3 is 4.74 Å². The molecule has 0 fully saturated rings. The van der Waals surface area contributed by atoms with Gasteiger partial charge in [-0.15, -0.1) is 11.3 Å². The van der Waals surface area contributed by atoms with Crippen LogP contribution in [0.25, 0.3) is 10.2 Å². The second kappa shape index (κ2) is 7.76. The molecule has 0 aliphatic heterocycles. The van der Waals surface area contributed by atoms with Gasteiger partial charge in [-0.1, -0.05) is 23.7 Å². The third kappa shape index (κ3) is 4.44. The van der Waals surface area contributed by atoms with Crippen LogP contribution in [0.1, 0.15) is 41.2 Å². The summed E-state index contributed by atoms with van der Waals surface area (Å²) in [4.78, 5) is 28.6. The fourth-order valence-corrected chi connectivity index (χ4v) is 3.44. The first-order valence-corrected chi connectivity index (χ1v) is 9.06. The smallest absolute Gasteiger partial charge is 0.306 e. The zero-order valence-electron chi connectivity index (χ0n) is 13.6. The Kier molecular flexibility index (Phi) is 5.46. The van der Waals surface area contributed by atoms with Crippen LogP contribution in [0.4, 0.5) is 0 Å². The molecule has 0 amide bonds. The van der Waals surface area contributed by atoms with Crippen molar-refractivity contribution in [3.63, 3.8) is 0 Å². The molecule has 3 rings (SSSR count). The van der Waals surface area contributed by atoms with Gasteiger partial charge in [0.05, 0.1) is 16.6 Å². The fourth-order valence-electron chi connectivity index (χ4n) is 2.37. The molecule has 0 radical (unpaired) electrons. The topological polar surface area (TPSA) is 56.3 Å². The van der Waals surface area contributed by atoms with Crippen molar-refractivity contribution in [2.24, 2.45) is 0 Å². The van der Waals surface area contributed by atoms with Gasteiger partial charge in [0.25, 0.3) is 0 Å². The number of ether oxygens (including phenoxy) is 1. The Bertz CT molecular complexity index is 871. The number of fused-ring (bicyclic) bond motifs is 1. The maximum absolute atomic E-state index is 12.1. The first kappa shape index (κ1) is 17.6. The monoisotopic (exact) mass is 373 g/mol. The van der Waals surface area contributed by atoms with Crippen molar-refractivity contribution in [2.45, 2.75) is 25.9 Å². The number of nitrogens with zero attached hydrogens (tertiary/aromatic N) is 1. The zero-order valence-corrected chi connectivity index (χ0v) is 15.1. The number of carbonyl (C=O) groups is 2. The van der Waals surface area contributed by atoms with Crippen molar-refractivity contribution < 1.29 is 14.3 Å². The van der Waals surface area contributed by atoms with E-state index in [1.807, 2.05) is 24.3 Å². The molecular formula is C19H16ClNO3S. The van der Waals surface area contributed by atoms with Crippen LogP contribution in [-0.2, 0) is 9.53 Å². The van der Waals surface area contributed by atoms with E-state index in [1.165, 1.54) is 11.3 Å². The van der Waals surface area contributed by atoms with Gasteiger partial charge in [-0.2, -0.15) is 0 Å². The third-order valence-electron chi connectivity index (χ3n) is 3.69. The van der Waals surface area contributed by atoms with Crippen molar-refractivity contribution >= 4 is 44.9 Å². The zero-order chi connectivity index (χ0) is 17.8. The van der Waals surface area contributed by atoms with E-state index in [4.69, 9.17) is 16.3 Å². The molecule has 1 aromatic heterocycles. The second-order valence-electron chi connectivity index (χ2n) is 5.58. The van der Waals surface area contributed by atoms with Crippen LogP contribution >= 0.6 is 22.9 Å². The van der Waals surface area contributed by atoms with Gasteiger partial charge in [0.1, 0.15) is 5.01 Å². The van der Waals surface area contributed by atoms with E-state index in [1.54, 1.807) is 31.2 Å². The molecule has 1 atom stereocenters. The number of hydrogen-bond acceptors (Lipinski definition) is 5. The predicted octanol–water partition coefficient (Wildman–Crippen LogP) is 5.22. The summed E-state index contributed by atoms with van der Waals surface area (Å²) in [7, 11) is 0. The van der Waals surface area contributed by atoms with Gasteiger partial charge >= 0.3 is 5.97 Å². The second-order valence-corrected chi connectivity index (χ2v) is 7.08. The van der Waals surface area contributed by atoms with Crippen LogP contribution in [-0.4, -0.2) is 16.7 Å². The molecule has 128 valence electrons. The highest BCUT2D eigenvalue weighted by atomic mass is 35.5. The van der Waals surface area contributed by atoms with Crippen LogP contribution < -0.4 is 0 Å². The largest absolute Gasteiger partial charge is 0.455 e. The third-order valence-corrected chi connectivity index (χ3v) is 5.14. The van der Waals surface area contributed by atoms with Gasteiger partial charge in [-0.25, -0.2) is 4.98 Å². The number of thiazole rings is 1. The standard InChI is InChI=1S/C19H16ClNO3S/c1-12(19-21-15-4-2-3-5-17(15)25-19)24-18(23)11-10-16(22)13-6-8-14(20)9-7-13/h2-9,12H,10-11H2,1H3. The highest BCUT2D eigenvalue weighted by molar-refractivity contribution is 7.18. The lowest BCUT2D eigenvalue weighted by molar-refractivity contribution is -0.148. The number of rotatable bonds is 6. The molecule has 0 N–H and O–H groups in total. The summed E-state index contributed by atoms with van der Waals surface area (Å²) < 4.78 is 6.46. The Morgan fingerprint density at radius 2 is 1.84 bits per heavy atom. The van der Waals surface area contributed by atoms with E-state index in [9.17, 15) is 9.59 Å². The number of Topliss-reactive ketones (excluding diaryl/α,β-unsaturated/α-hetero) is 1. The Balaban J connectivity index is 1.54. The van der Waals surface area contributed by atoms with E-state index < -0.39 is 12.1 Å². The molecule has 2 aromatic carbocycles. The molecule has 0 spiro atoms. The van der Waals surface area contributed by atoms with Crippen molar-refractivity contribution in [1.29, 1.82) is 0 Å². The van der Waals surface area contributed by atoms with Gasteiger partial charge in [-0.3, -0.25) is 9.59 Å². The minimum absolute atomic E-state index is 0.0384. The van der Waals surface area contributed by atoms with E-state index in [2.05, 4.69) is 4.98 Å². The lowest BCUT2D eigenvalue weighted by Gasteiger charge is -2.10. The Labute approximate surface area is 154 Å². The molecule has 25 heavy (non-hydrogen) atoms. The number of benzene rings is 2. The van der Waals surface area contributed by atoms with Gasteiger partial charge in [0, 0.05) is 17.0 Å². The minimum atomic E-state index is -0.435. The molecule has 4 nitrogen and oxygen atoms in total. The first-order chi connectivity index (χ1) is 12.0. The summed E-state index contributed by atoms with van der Waals surface area (Å²) in [6.07, 6.45) is -0.292. The number of carbonyl (C=O) groups excluding carboxylic acids is 2. The number of esters is 1. The van der Waals surface area contributed by atoms with Crippen molar-refractivity contribution in [3.8, 4) is 0 Å². The normalized spacial score (nSPS) is 12.1. The predicted molar refractivity (Wildman–Crippen MR) is 99.1 cm³/mol. The minimum Gasteiger partial charge on any atom is -0.455 e. The molecule has 1 unspecified atom stereocenters. The highest BCUT2D eigenvalue weighted by Crippen LogP contribution is 2.28.